The molecule has 1 N–H and O–H groups in total. The number of rotatable bonds is 5. The lowest BCUT2D eigenvalue weighted by molar-refractivity contribution is -0.118. The number of benzene rings is 4. The van der Waals surface area contributed by atoms with Crippen LogP contribution in [-0.2, 0) is 4.79 Å². The molecule has 0 aliphatic carbocycles. The summed E-state index contributed by atoms with van der Waals surface area (Å²) in [6.07, 6.45) is 1.19. The van der Waals surface area contributed by atoms with Gasteiger partial charge in [-0.1, -0.05) is 55.5 Å². The highest BCUT2D eigenvalue weighted by molar-refractivity contribution is 6.25. The molecule has 4 rings (SSSR count). The van der Waals surface area contributed by atoms with Gasteiger partial charge in [-0.3, -0.25) is 4.79 Å². The molecule has 0 unspecified atom stereocenters. The van der Waals surface area contributed by atoms with E-state index in [0.29, 0.717) is 25.2 Å². The van der Waals surface area contributed by atoms with E-state index in [4.69, 9.17) is 0 Å². The Morgan fingerprint density at radius 3 is 2.26 bits per heavy atom. The van der Waals surface area contributed by atoms with Crippen LogP contribution in [0.2, 0.25) is 0 Å². The van der Waals surface area contributed by atoms with Crippen molar-refractivity contribution >= 4 is 43.8 Å². The molecule has 0 spiro atoms. The number of carbonyl (C=O) groups is 1. The van der Waals surface area contributed by atoms with Gasteiger partial charge >= 0.3 is 0 Å². The zero-order chi connectivity index (χ0) is 15.8. The molecule has 23 heavy (non-hydrogen) atoms. The quantitative estimate of drug-likeness (QED) is 0.502. The molecular formula is C21H19NO. The van der Waals surface area contributed by atoms with Gasteiger partial charge in [0.15, 0.2) is 0 Å². The topological polar surface area (TPSA) is 29.1 Å². The molecule has 0 aliphatic heterocycles. The minimum Gasteiger partial charge on any atom is -0.384 e. The second kappa shape index (κ2) is 5.54. The van der Waals surface area contributed by atoms with Gasteiger partial charge < -0.3 is 5.32 Å². The molecule has 0 fully saturated rings. The van der Waals surface area contributed by atoms with E-state index in [2.05, 4.69) is 59.9 Å². The lowest BCUT2D eigenvalue weighted by atomic mass is 9.93. The highest BCUT2D eigenvalue weighted by Gasteiger charge is 2.10. The summed E-state index contributed by atoms with van der Waals surface area (Å²) in [6, 6.07) is 19.5. The molecule has 0 atom stereocenters. The van der Waals surface area contributed by atoms with E-state index >= 15 is 0 Å². The van der Waals surface area contributed by atoms with E-state index in [9.17, 15) is 4.79 Å². The van der Waals surface area contributed by atoms with E-state index < -0.39 is 0 Å². The number of carbonyl (C=O) groups excluding carboxylic acids is 1. The fourth-order valence-corrected chi connectivity index (χ4v) is 3.40. The Bertz CT molecular complexity index is 987. The first-order valence-corrected chi connectivity index (χ1v) is 8.20. The third kappa shape index (κ3) is 2.31. The van der Waals surface area contributed by atoms with Crippen LogP contribution in [-0.4, -0.2) is 12.3 Å². The monoisotopic (exact) mass is 301 g/mol. The Morgan fingerprint density at radius 1 is 0.870 bits per heavy atom. The molecular weight excluding hydrogens is 282 g/mol. The van der Waals surface area contributed by atoms with Gasteiger partial charge in [-0.25, -0.2) is 0 Å². The lowest BCUT2D eigenvalue weighted by Gasteiger charge is -2.14. The first kappa shape index (κ1) is 14.0. The number of hydrogen-bond donors (Lipinski definition) is 1. The molecule has 0 aliphatic rings. The molecule has 0 radical (unpaired) electrons. The van der Waals surface area contributed by atoms with Crippen molar-refractivity contribution in [3.05, 3.63) is 54.6 Å². The van der Waals surface area contributed by atoms with Crippen molar-refractivity contribution in [1.29, 1.82) is 0 Å². The van der Waals surface area contributed by atoms with Crippen LogP contribution in [0.15, 0.2) is 54.6 Å². The van der Waals surface area contributed by atoms with Crippen molar-refractivity contribution in [2.75, 3.05) is 11.9 Å². The third-order valence-electron chi connectivity index (χ3n) is 4.64. The van der Waals surface area contributed by atoms with E-state index in [1.165, 1.54) is 32.3 Å². The Kier molecular flexibility index (Phi) is 3.38. The average molecular weight is 301 g/mol. The number of anilines is 1. The van der Waals surface area contributed by atoms with Crippen molar-refractivity contribution in [3.63, 3.8) is 0 Å². The Labute approximate surface area is 135 Å². The van der Waals surface area contributed by atoms with Gasteiger partial charge in [-0.15, -0.1) is 0 Å². The molecule has 0 amide bonds. The Hall–Kier alpha value is -2.61. The zero-order valence-electron chi connectivity index (χ0n) is 13.2. The molecule has 0 heterocycles. The molecule has 2 nitrogen and oxygen atoms in total. The highest BCUT2D eigenvalue weighted by Crippen LogP contribution is 2.37. The number of ketones is 1. The summed E-state index contributed by atoms with van der Waals surface area (Å²) in [4.78, 5) is 11.5. The van der Waals surface area contributed by atoms with E-state index in [1.54, 1.807) is 0 Å². The van der Waals surface area contributed by atoms with Crippen LogP contribution in [0, 0.1) is 0 Å². The largest absolute Gasteiger partial charge is 0.384 e. The maximum absolute atomic E-state index is 11.5. The third-order valence-corrected chi connectivity index (χ3v) is 4.64. The molecule has 2 heteroatoms. The minimum absolute atomic E-state index is 0.301. The summed E-state index contributed by atoms with van der Waals surface area (Å²) >= 11 is 0. The smallest absolute Gasteiger partial charge is 0.134 e. The van der Waals surface area contributed by atoms with E-state index in [1.807, 2.05) is 6.92 Å². The average Bonchev–Trinajstić information content (AvgIpc) is 2.60. The molecule has 0 saturated heterocycles. The van der Waals surface area contributed by atoms with Crippen molar-refractivity contribution in [1.82, 2.24) is 0 Å². The molecule has 0 saturated carbocycles. The zero-order valence-corrected chi connectivity index (χ0v) is 13.2. The molecule has 0 bridgehead atoms. The van der Waals surface area contributed by atoms with Crippen molar-refractivity contribution < 1.29 is 4.79 Å². The maximum atomic E-state index is 11.5. The predicted molar refractivity (Wildman–Crippen MR) is 98.6 cm³/mol. The van der Waals surface area contributed by atoms with Gasteiger partial charge in [0, 0.05) is 30.5 Å². The second-order valence-electron chi connectivity index (χ2n) is 6.04. The van der Waals surface area contributed by atoms with Crippen LogP contribution in [0.3, 0.4) is 0 Å². The number of Topliss-reactive ketones (excluding diaryl/α,β-unsaturated/α-hetero) is 1. The SMILES string of the molecule is CCC(=O)CCNc1ccc2ccc3cccc4ccc1c2c34. The maximum Gasteiger partial charge on any atom is 0.134 e. The second-order valence-corrected chi connectivity index (χ2v) is 6.04. The van der Waals surface area contributed by atoms with Gasteiger partial charge in [-0.2, -0.15) is 0 Å². The van der Waals surface area contributed by atoms with Gasteiger partial charge in [0.25, 0.3) is 0 Å². The number of nitrogens with one attached hydrogen (secondary N) is 1. The van der Waals surface area contributed by atoms with Crippen LogP contribution >= 0.6 is 0 Å². The molecule has 4 aromatic carbocycles. The van der Waals surface area contributed by atoms with Crippen LogP contribution in [0.4, 0.5) is 5.69 Å². The van der Waals surface area contributed by atoms with Gasteiger partial charge in [0.1, 0.15) is 5.78 Å². The fourth-order valence-electron chi connectivity index (χ4n) is 3.40. The van der Waals surface area contributed by atoms with E-state index in [0.717, 1.165) is 5.69 Å². The molecule has 114 valence electrons. The van der Waals surface area contributed by atoms with Crippen LogP contribution < -0.4 is 5.32 Å². The Morgan fingerprint density at radius 2 is 1.52 bits per heavy atom. The first-order valence-electron chi connectivity index (χ1n) is 8.20. The summed E-state index contributed by atoms with van der Waals surface area (Å²) in [5, 5.41) is 11.1. The summed E-state index contributed by atoms with van der Waals surface area (Å²) in [5.41, 5.74) is 1.11. The standard InChI is InChI=1S/C21H19NO/c1-2-17(23)12-13-22-19-11-9-16-7-6-14-4-3-5-15-8-10-18(19)21(16)20(14)15/h3-11,22H,2,12-13H2,1H3. The summed E-state index contributed by atoms with van der Waals surface area (Å²) < 4.78 is 0. The van der Waals surface area contributed by atoms with E-state index in [-0.39, 0.29) is 0 Å². The molecule has 0 aromatic heterocycles. The van der Waals surface area contributed by atoms with Crippen molar-refractivity contribution in [2.24, 2.45) is 0 Å². The summed E-state index contributed by atoms with van der Waals surface area (Å²) in [7, 11) is 0. The Balaban J connectivity index is 1.85. The van der Waals surface area contributed by atoms with Gasteiger partial charge in [-0.05, 0) is 33.0 Å². The van der Waals surface area contributed by atoms with Crippen molar-refractivity contribution in [2.45, 2.75) is 19.8 Å². The minimum atomic E-state index is 0.301. The predicted octanol–water partition coefficient (Wildman–Crippen LogP) is 5.37. The summed E-state index contributed by atoms with van der Waals surface area (Å²) in [5.74, 6) is 0.301. The van der Waals surface area contributed by atoms with Gasteiger partial charge in [0.05, 0.1) is 0 Å². The van der Waals surface area contributed by atoms with Gasteiger partial charge in [0.2, 0.25) is 0 Å². The van der Waals surface area contributed by atoms with Crippen LogP contribution in [0.5, 0.6) is 0 Å². The normalized spacial score (nSPS) is 11.5. The number of hydrogen-bond acceptors (Lipinski definition) is 2. The molecule has 4 aromatic rings. The fraction of sp³-hybridized carbons (Fsp3) is 0.190. The van der Waals surface area contributed by atoms with Crippen LogP contribution in [0.1, 0.15) is 19.8 Å². The van der Waals surface area contributed by atoms with Crippen LogP contribution in [0.25, 0.3) is 32.3 Å². The highest BCUT2D eigenvalue weighted by atomic mass is 16.1. The first-order chi connectivity index (χ1) is 11.3. The van der Waals surface area contributed by atoms with Crippen molar-refractivity contribution in [3.8, 4) is 0 Å². The summed E-state index contributed by atoms with van der Waals surface area (Å²) in [6.45, 7) is 2.61. The lowest BCUT2D eigenvalue weighted by Crippen LogP contribution is -2.07.